The van der Waals surface area contributed by atoms with Crippen molar-refractivity contribution in [3.05, 3.63) is 39.9 Å². The number of nitro groups is 1. The monoisotopic (exact) mass is 232 g/mol. The van der Waals surface area contributed by atoms with Gasteiger partial charge in [0.05, 0.1) is 16.4 Å². The van der Waals surface area contributed by atoms with Crippen LogP contribution in [0.1, 0.15) is 18.4 Å². The molecule has 1 aromatic carbocycles. The van der Waals surface area contributed by atoms with Gasteiger partial charge >= 0.3 is 0 Å². The molecule has 0 bridgehead atoms. The zero-order valence-electron chi connectivity index (χ0n) is 9.26. The van der Waals surface area contributed by atoms with Crippen LogP contribution in [0, 0.1) is 21.4 Å². The van der Waals surface area contributed by atoms with Gasteiger partial charge in [0.15, 0.2) is 0 Å². The number of non-ortho nitro benzene ring substituents is 1. The molecule has 0 atom stereocenters. The molecule has 1 heterocycles. The molecular weight excluding hydrogens is 220 g/mol. The van der Waals surface area contributed by atoms with Crippen molar-refractivity contribution >= 4 is 5.69 Å². The van der Waals surface area contributed by atoms with E-state index in [9.17, 15) is 15.4 Å². The van der Waals surface area contributed by atoms with Gasteiger partial charge in [0.1, 0.15) is 0 Å². The van der Waals surface area contributed by atoms with Crippen molar-refractivity contribution in [1.29, 1.82) is 5.26 Å². The highest BCUT2D eigenvalue weighted by molar-refractivity contribution is 5.39. The molecule has 1 saturated heterocycles. The van der Waals surface area contributed by atoms with E-state index in [1.165, 1.54) is 12.1 Å². The summed E-state index contributed by atoms with van der Waals surface area (Å²) >= 11 is 0. The Morgan fingerprint density at radius 3 is 2.35 bits per heavy atom. The number of rotatable bonds is 2. The molecule has 0 unspecified atom stereocenters. The number of benzene rings is 1. The van der Waals surface area contributed by atoms with Crippen LogP contribution in [0.5, 0.6) is 0 Å². The number of nitro benzene ring substituents is 1. The fourth-order valence-corrected chi connectivity index (χ4v) is 2.09. The molecule has 1 aliphatic rings. The van der Waals surface area contributed by atoms with E-state index in [0.29, 0.717) is 26.1 Å². The lowest BCUT2D eigenvalue weighted by Crippen LogP contribution is -2.32. The number of nitrogens with zero attached hydrogens (tertiary/aromatic N) is 2. The van der Waals surface area contributed by atoms with Crippen molar-refractivity contribution < 1.29 is 9.66 Å². The number of nitriles is 1. The first kappa shape index (κ1) is 11.6. The Hall–Kier alpha value is -1.93. The molecule has 1 aliphatic heterocycles. The van der Waals surface area contributed by atoms with Gasteiger partial charge in [-0.2, -0.15) is 5.26 Å². The zero-order valence-corrected chi connectivity index (χ0v) is 9.26. The average Bonchev–Trinajstić information content (AvgIpc) is 2.39. The summed E-state index contributed by atoms with van der Waals surface area (Å²) in [6.07, 6.45) is 1.28. The zero-order chi connectivity index (χ0) is 12.3. The summed E-state index contributed by atoms with van der Waals surface area (Å²) in [5, 5.41) is 19.9. The third-order valence-corrected chi connectivity index (χ3v) is 3.19. The second kappa shape index (κ2) is 4.52. The third kappa shape index (κ3) is 2.12. The fraction of sp³-hybridized carbons (Fsp3) is 0.417. The molecule has 0 radical (unpaired) electrons. The lowest BCUT2D eigenvalue weighted by atomic mass is 9.75. The van der Waals surface area contributed by atoms with Crippen LogP contribution in [-0.4, -0.2) is 18.1 Å². The van der Waals surface area contributed by atoms with Crippen molar-refractivity contribution in [3.63, 3.8) is 0 Å². The molecule has 2 rings (SSSR count). The fourth-order valence-electron chi connectivity index (χ4n) is 2.09. The molecule has 0 saturated carbocycles. The number of ether oxygens (including phenoxy) is 1. The molecule has 0 spiro atoms. The van der Waals surface area contributed by atoms with Crippen LogP contribution in [-0.2, 0) is 10.2 Å². The van der Waals surface area contributed by atoms with E-state index in [2.05, 4.69) is 6.07 Å². The molecule has 0 amide bonds. The largest absolute Gasteiger partial charge is 0.381 e. The maximum Gasteiger partial charge on any atom is 0.269 e. The molecule has 5 nitrogen and oxygen atoms in total. The summed E-state index contributed by atoms with van der Waals surface area (Å²) in [5.41, 5.74) is 0.343. The Balaban J connectivity index is 2.32. The maximum atomic E-state index is 10.6. The minimum absolute atomic E-state index is 0.0499. The van der Waals surface area contributed by atoms with Crippen LogP contribution in [0.25, 0.3) is 0 Å². The predicted molar refractivity (Wildman–Crippen MR) is 60.4 cm³/mol. The van der Waals surface area contributed by atoms with E-state index in [1.54, 1.807) is 12.1 Å². The molecule has 0 aliphatic carbocycles. The molecule has 0 N–H and O–H groups in total. The van der Waals surface area contributed by atoms with Gasteiger partial charge < -0.3 is 4.74 Å². The summed E-state index contributed by atoms with van der Waals surface area (Å²) in [6.45, 7) is 1.12. The van der Waals surface area contributed by atoms with Gasteiger partial charge in [0.2, 0.25) is 0 Å². The van der Waals surface area contributed by atoms with Gasteiger partial charge in [-0.05, 0) is 18.4 Å². The van der Waals surface area contributed by atoms with Crippen molar-refractivity contribution in [1.82, 2.24) is 0 Å². The summed E-state index contributed by atoms with van der Waals surface area (Å²) in [6, 6.07) is 8.58. The van der Waals surface area contributed by atoms with E-state index in [1.807, 2.05) is 0 Å². The van der Waals surface area contributed by atoms with Gasteiger partial charge in [-0.1, -0.05) is 12.1 Å². The van der Waals surface area contributed by atoms with Crippen LogP contribution in [0.2, 0.25) is 0 Å². The van der Waals surface area contributed by atoms with Crippen molar-refractivity contribution in [2.24, 2.45) is 0 Å². The Morgan fingerprint density at radius 1 is 1.29 bits per heavy atom. The predicted octanol–water partition coefficient (Wildman–Crippen LogP) is 2.17. The standard InChI is InChI=1S/C12H12N2O3/c13-9-12(5-7-17-8-6-12)10-1-3-11(4-2-10)14(15)16/h1-4H,5-8H2. The third-order valence-electron chi connectivity index (χ3n) is 3.19. The molecular formula is C12H12N2O3. The van der Waals surface area contributed by atoms with E-state index in [4.69, 9.17) is 4.74 Å². The highest BCUT2D eigenvalue weighted by Crippen LogP contribution is 2.34. The van der Waals surface area contributed by atoms with Crippen molar-refractivity contribution in [2.45, 2.75) is 18.3 Å². The molecule has 88 valence electrons. The maximum absolute atomic E-state index is 10.6. The van der Waals surface area contributed by atoms with Gasteiger partial charge in [-0.25, -0.2) is 0 Å². The van der Waals surface area contributed by atoms with Crippen molar-refractivity contribution in [2.75, 3.05) is 13.2 Å². The van der Waals surface area contributed by atoms with Gasteiger partial charge in [-0.15, -0.1) is 0 Å². The van der Waals surface area contributed by atoms with E-state index in [-0.39, 0.29) is 5.69 Å². The molecule has 5 heteroatoms. The quantitative estimate of drug-likeness (QED) is 0.578. The van der Waals surface area contributed by atoms with E-state index in [0.717, 1.165) is 5.56 Å². The topological polar surface area (TPSA) is 76.2 Å². The van der Waals surface area contributed by atoms with Gasteiger partial charge in [0, 0.05) is 25.3 Å². The van der Waals surface area contributed by atoms with Gasteiger partial charge in [0.25, 0.3) is 5.69 Å². The summed E-state index contributed by atoms with van der Waals surface area (Å²) in [5.74, 6) is 0. The molecule has 17 heavy (non-hydrogen) atoms. The Morgan fingerprint density at radius 2 is 1.88 bits per heavy atom. The second-order valence-electron chi connectivity index (χ2n) is 4.11. The highest BCUT2D eigenvalue weighted by atomic mass is 16.6. The molecule has 1 fully saturated rings. The first-order valence-electron chi connectivity index (χ1n) is 5.42. The summed E-state index contributed by atoms with van der Waals surface area (Å²) < 4.78 is 5.25. The first-order valence-corrected chi connectivity index (χ1v) is 5.42. The first-order chi connectivity index (χ1) is 8.18. The summed E-state index contributed by atoms with van der Waals surface area (Å²) in [7, 11) is 0. The summed E-state index contributed by atoms with van der Waals surface area (Å²) in [4.78, 5) is 10.1. The number of hydrogen-bond acceptors (Lipinski definition) is 4. The Kier molecular flexibility index (Phi) is 3.07. The van der Waals surface area contributed by atoms with E-state index < -0.39 is 10.3 Å². The highest BCUT2D eigenvalue weighted by Gasteiger charge is 2.34. The average molecular weight is 232 g/mol. The number of hydrogen-bond donors (Lipinski definition) is 0. The minimum atomic E-state index is -0.548. The van der Waals surface area contributed by atoms with Crippen LogP contribution in [0.3, 0.4) is 0 Å². The van der Waals surface area contributed by atoms with E-state index >= 15 is 0 Å². The van der Waals surface area contributed by atoms with Crippen LogP contribution in [0.15, 0.2) is 24.3 Å². The van der Waals surface area contributed by atoms with Crippen molar-refractivity contribution in [3.8, 4) is 6.07 Å². The lowest BCUT2D eigenvalue weighted by molar-refractivity contribution is -0.384. The lowest BCUT2D eigenvalue weighted by Gasteiger charge is -2.30. The SMILES string of the molecule is N#CC1(c2ccc([N+](=O)[O-])cc2)CCOCC1. The molecule has 1 aromatic rings. The smallest absolute Gasteiger partial charge is 0.269 e. The van der Waals surface area contributed by atoms with Gasteiger partial charge in [-0.3, -0.25) is 10.1 Å². The molecule has 0 aromatic heterocycles. The van der Waals surface area contributed by atoms with Crippen LogP contribution >= 0.6 is 0 Å². The Labute approximate surface area is 98.8 Å². The second-order valence-corrected chi connectivity index (χ2v) is 4.11. The van der Waals surface area contributed by atoms with Crippen LogP contribution in [0.4, 0.5) is 5.69 Å². The normalized spacial score (nSPS) is 18.3. The minimum Gasteiger partial charge on any atom is -0.381 e. The Bertz CT molecular complexity index is 456. The van der Waals surface area contributed by atoms with Crippen LogP contribution < -0.4 is 0 Å².